The van der Waals surface area contributed by atoms with Crippen LogP contribution in [0.25, 0.3) is 0 Å². The quantitative estimate of drug-likeness (QED) is 0.880. The number of halogens is 1. The molecule has 0 bridgehead atoms. The monoisotopic (exact) mass is 343 g/mol. The van der Waals surface area contributed by atoms with Gasteiger partial charge in [-0.2, -0.15) is 0 Å². The maximum absolute atomic E-state index is 5.34. The van der Waals surface area contributed by atoms with Crippen molar-refractivity contribution < 1.29 is 9.47 Å². The van der Waals surface area contributed by atoms with Gasteiger partial charge in [0, 0.05) is 37.2 Å². The van der Waals surface area contributed by atoms with E-state index in [2.05, 4.69) is 38.3 Å². The average molecular weight is 344 g/mol. The number of hydrogen-bond acceptors (Lipinski definition) is 5. The van der Waals surface area contributed by atoms with E-state index >= 15 is 0 Å². The van der Waals surface area contributed by atoms with Gasteiger partial charge in [0.25, 0.3) is 0 Å². The molecule has 1 saturated heterocycles. The minimum Gasteiger partial charge on any atom is -0.493 e. The predicted molar refractivity (Wildman–Crippen MR) is 83.2 cm³/mol. The number of hydrazine groups is 1. The van der Waals surface area contributed by atoms with Gasteiger partial charge in [0.2, 0.25) is 0 Å². The minimum atomic E-state index is 0.739. The molecule has 1 aromatic carbocycles. The maximum Gasteiger partial charge on any atom is 0.161 e. The third-order valence-corrected chi connectivity index (χ3v) is 4.29. The molecule has 1 fully saturated rings. The Morgan fingerprint density at radius 3 is 2.30 bits per heavy atom. The highest BCUT2D eigenvalue weighted by Crippen LogP contribution is 2.33. The largest absolute Gasteiger partial charge is 0.493 e. The number of benzene rings is 1. The van der Waals surface area contributed by atoms with E-state index in [-0.39, 0.29) is 0 Å². The summed E-state index contributed by atoms with van der Waals surface area (Å²) in [7, 11) is 5.46. The van der Waals surface area contributed by atoms with Gasteiger partial charge in [-0.3, -0.25) is 5.43 Å². The lowest BCUT2D eigenvalue weighted by Crippen LogP contribution is -2.50. The second kappa shape index (κ2) is 7.26. The van der Waals surface area contributed by atoms with Crippen LogP contribution in [0.4, 0.5) is 0 Å². The standard InChI is InChI=1S/C14H22BrN3O2/c1-17-4-6-18(7-5-17)16-10-11-8-13(19-2)14(20-3)9-12(11)15/h8-9,16H,4-7,10H2,1-3H3. The Bertz CT molecular complexity index is 448. The van der Waals surface area contributed by atoms with Crippen molar-refractivity contribution in [1.29, 1.82) is 0 Å². The molecule has 1 aliphatic rings. The first-order valence-electron chi connectivity index (χ1n) is 6.71. The van der Waals surface area contributed by atoms with Crippen molar-refractivity contribution >= 4 is 15.9 Å². The van der Waals surface area contributed by atoms with Crippen LogP contribution in [-0.2, 0) is 6.54 Å². The van der Waals surface area contributed by atoms with Crippen molar-refractivity contribution in [3.05, 3.63) is 22.2 Å². The van der Waals surface area contributed by atoms with E-state index in [4.69, 9.17) is 9.47 Å². The molecule has 1 heterocycles. The molecular formula is C14H22BrN3O2. The number of ether oxygens (including phenoxy) is 2. The molecule has 0 unspecified atom stereocenters. The van der Waals surface area contributed by atoms with Crippen molar-refractivity contribution in [2.24, 2.45) is 0 Å². The molecule has 0 aromatic heterocycles. The Morgan fingerprint density at radius 1 is 1.10 bits per heavy atom. The first-order valence-corrected chi connectivity index (χ1v) is 7.50. The zero-order valence-corrected chi connectivity index (χ0v) is 13.9. The number of nitrogens with zero attached hydrogens (tertiary/aromatic N) is 2. The molecule has 2 rings (SSSR count). The normalized spacial score (nSPS) is 17.2. The Hall–Kier alpha value is -0.820. The van der Waals surface area contributed by atoms with E-state index < -0.39 is 0 Å². The summed E-state index contributed by atoms with van der Waals surface area (Å²) in [5.41, 5.74) is 4.62. The first kappa shape index (κ1) is 15.6. The molecule has 1 N–H and O–H groups in total. The van der Waals surface area contributed by atoms with E-state index in [1.807, 2.05) is 12.1 Å². The molecule has 0 saturated carbocycles. The van der Waals surface area contributed by atoms with Gasteiger partial charge in [0.05, 0.1) is 14.2 Å². The van der Waals surface area contributed by atoms with Gasteiger partial charge in [0.15, 0.2) is 11.5 Å². The van der Waals surface area contributed by atoms with Crippen LogP contribution < -0.4 is 14.9 Å². The van der Waals surface area contributed by atoms with Crippen LogP contribution in [0.2, 0.25) is 0 Å². The topological polar surface area (TPSA) is 37.0 Å². The maximum atomic E-state index is 5.34. The molecule has 112 valence electrons. The van der Waals surface area contributed by atoms with Crippen LogP contribution in [-0.4, -0.2) is 57.4 Å². The fourth-order valence-electron chi connectivity index (χ4n) is 2.19. The number of likely N-dealkylation sites (N-methyl/N-ethyl adjacent to an activating group) is 1. The summed E-state index contributed by atoms with van der Waals surface area (Å²) in [4.78, 5) is 2.34. The molecule has 0 aliphatic carbocycles. The fraction of sp³-hybridized carbons (Fsp3) is 0.571. The van der Waals surface area contributed by atoms with Gasteiger partial charge >= 0.3 is 0 Å². The van der Waals surface area contributed by atoms with Crippen molar-refractivity contribution in [1.82, 2.24) is 15.3 Å². The van der Waals surface area contributed by atoms with E-state index in [0.717, 1.165) is 54.3 Å². The number of nitrogens with one attached hydrogen (secondary N) is 1. The summed E-state index contributed by atoms with van der Waals surface area (Å²) in [6.07, 6.45) is 0. The van der Waals surface area contributed by atoms with Crippen LogP contribution in [0, 0.1) is 0 Å². The lowest BCUT2D eigenvalue weighted by Gasteiger charge is -2.32. The minimum absolute atomic E-state index is 0.739. The SMILES string of the molecule is COc1cc(Br)c(CNN2CCN(C)CC2)cc1OC. The van der Waals surface area contributed by atoms with E-state index in [0.29, 0.717) is 0 Å². The Balaban J connectivity index is 1.98. The molecular weight excluding hydrogens is 322 g/mol. The van der Waals surface area contributed by atoms with Gasteiger partial charge in [-0.05, 0) is 24.7 Å². The van der Waals surface area contributed by atoms with Gasteiger partial charge in [-0.25, -0.2) is 5.01 Å². The van der Waals surface area contributed by atoms with Gasteiger partial charge < -0.3 is 14.4 Å². The molecule has 0 spiro atoms. The van der Waals surface area contributed by atoms with Gasteiger partial charge in [-0.1, -0.05) is 15.9 Å². The Kier molecular flexibility index (Phi) is 5.65. The zero-order valence-electron chi connectivity index (χ0n) is 12.3. The Labute approximate surface area is 128 Å². The summed E-state index contributed by atoms with van der Waals surface area (Å²) in [5, 5.41) is 2.27. The molecule has 0 amide bonds. The smallest absolute Gasteiger partial charge is 0.161 e. The molecule has 1 aliphatic heterocycles. The van der Waals surface area contributed by atoms with Crippen molar-refractivity contribution in [3.63, 3.8) is 0 Å². The number of hydrogen-bond donors (Lipinski definition) is 1. The third kappa shape index (κ3) is 3.85. The summed E-state index contributed by atoms with van der Waals surface area (Å²) in [6, 6.07) is 3.95. The van der Waals surface area contributed by atoms with Crippen molar-refractivity contribution in [2.45, 2.75) is 6.54 Å². The summed E-state index contributed by atoms with van der Waals surface area (Å²) in [5.74, 6) is 1.49. The fourth-order valence-corrected chi connectivity index (χ4v) is 2.66. The highest BCUT2D eigenvalue weighted by molar-refractivity contribution is 9.10. The molecule has 5 nitrogen and oxygen atoms in total. The molecule has 20 heavy (non-hydrogen) atoms. The average Bonchev–Trinajstić information content (AvgIpc) is 2.47. The van der Waals surface area contributed by atoms with Crippen molar-refractivity contribution in [2.75, 3.05) is 47.4 Å². The van der Waals surface area contributed by atoms with Crippen LogP contribution in [0.5, 0.6) is 11.5 Å². The highest BCUT2D eigenvalue weighted by Gasteiger charge is 2.14. The summed E-state index contributed by atoms with van der Waals surface area (Å²) in [6.45, 7) is 5.05. The molecule has 0 radical (unpaired) electrons. The highest BCUT2D eigenvalue weighted by atomic mass is 79.9. The van der Waals surface area contributed by atoms with E-state index in [1.165, 1.54) is 0 Å². The lowest BCUT2D eigenvalue weighted by molar-refractivity contribution is 0.102. The first-order chi connectivity index (χ1) is 9.63. The van der Waals surface area contributed by atoms with E-state index in [9.17, 15) is 0 Å². The summed E-state index contributed by atoms with van der Waals surface area (Å²) >= 11 is 3.58. The van der Waals surface area contributed by atoms with Gasteiger partial charge in [0.1, 0.15) is 0 Å². The van der Waals surface area contributed by atoms with Crippen LogP contribution in [0.3, 0.4) is 0 Å². The Morgan fingerprint density at radius 2 is 1.70 bits per heavy atom. The number of rotatable bonds is 5. The second-order valence-electron chi connectivity index (χ2n) is 4.92. The van der Waals surface area contributed by atoms with Gasteiger partial charge in [-0.15, -0.1) is 0 Å². The predicted octanol–water partition coefficient (Wildman–Crippen LogP) is 1.72. The van der Waals surface area contributed by atoms with Crippen molar-refractivity contribution in [3.8, 4) is 11.5 Å². The molecule has 6 heteroatoms. The molecule has 0 atom stereocenters. The lowest BCUT2D eigenvalue weighted by atomic mass is 10.2. The van der Waals surface area contributed by atoms with Crippen LogP contribution in [0.15, 0.2) is 16.6 Å². The number of piperazine rings is 1. The molecule has 1 aromatic rings. The zero-order chi connectivity index (χ0) is 14.5. The second-order valence-corrected chi connectivity index (χ2v) is 5.78. The van der Waals surface area contributed by atoms with Crippen LogP contribution in [0.1, 0.15) is 5.56 Å². The number of methoxy groups -OCH3 is 2. The summed E-state index contributed by atoms with van der Waals surface area (Å²) < 4.78 is 11.7. The third-order valence-electron chi connectivity index (χ3n) is 3.55. The van der Waals surface area contributed by atoms with E-state index in [1.54, 1.807) is 14.2 Å². The van der Waals surface area contributed by atoms with Crippen LogP contribution >= 0.6 is 15.9 Å².